The fraction of sp³-hybridized carbons (Fsp3) is 0. The number of hydrogen-bond donors (Lipinski definition) is 0. The van der Waals surface area contributed by atoms with Gasteiger partial charge in [0.05, 0.1) is 72.2 Å². The quantitative estimate of drug-likeness (QED) is 0.137. The lowest BCUT2D eigenvalue weighted by Crippen LogP contribution is -2.10. The molecule has 0 amide bonds. The lowest BCUT2D eigenvalue weighted by molar-refractivity contribution is 1.04. The highest BCUT2D eigenvalue weighted by molar-refractivity contribution is 6.17. The fourth-order valence-electron chi connectivity index (χ4n) is 16.2. The van der Waals surface area contributed by atoms with Gasteiger partial charge in [0.1, 0.15) is 0 Å². The van der Waals surface area contributed by atoms with Gasteiger partial charge in [0.15, 0.2) is 17.5 Å². The van der Waals surface area contributed by atoms with Gasteiger partial charge >= 0.3 is 0 Å². The predicted molar refractivity (Wildman–Crippen MR) is 419 cm³/mol. The first kappa shape index (κ1) is 56.5. The second-order valence-electron chi connectivity index (χ2n) is 26.3. The summed E-state index contributed by atoms with van der Waals surface area (Å²) in [5.41, 5.74) is 23.3. The lowest BCUT2D eigenvalue weighted by atomic mass is 9.99. The predicted octanol–water partition coefficient (Wildman–Crippen LogP) is 23.7. The van der Waals surface area contributed by atoms with E-state index in [0.29, 0.717) is 17.5 Å². The molecule has 0 unspecified atom stereocenters. The number of nitrogens with zero attached hydrogens (tertiary/aromatic N) is 8. The van der Waals surface area contributed by atoms with Gasteiger partial charge in [-0.05, 0) is 138 Å². The minimum absolute atomic E-state index is 0.551. The number of fused-ring (bicyclic) bond motifs is 15. The second kappa shape index (κ2) is 22.4. The first-order chi connectivity index (χ1) is 50.1. The minimum atomic E-state index is 0.551. The average molecular weight is 1290 g/mol. The number of hydrogen-bond acceptors (Lipinski definition) is 3. The molecular weight excluding hydrogens is 1230 g/mol. The Labute approximate surface area is 580 Å². The molecule has 21 rings (SSSR count). The SMILES string of the molecule is c1ccc(-c2nc(-c3ccccc3)nc(-c3cc(-n4c5ccccc5c5ccccc54)c(-n4c5ccc(-c6ccc7c(c6)c6ccccc6n7-c6ccccc6)cc5c5ccc(-c6ccc7c(c6)c6ccccc6n7-c6ccccc6)cc54)c(-n4c5ccccc5c5ccccc54)c3)n2)cc1. The van der Waals surface area contributed by atoms with Crippen LogP contribution in [0.15, 0.2) is 352 Å². The third kappa shape index (κ3) is 8.78. The Balaban J connectivity index is 0.904. The number of para-hydroxylation sites is 8. The van der Waals surface area contributed by atoms with Crippen LogP contribution in [0.1, 0.15) is 0 Å². The molecule has 0 N–H and O–H groups in total. The van der Waals surface area contributed by atoms with E-state index in [-0.39, 0.29) is 0 Å². The summed E-state index contributed by atoms with van der Waals surface area (Å²) in [5.74, 6) is 1.73. The van der Waals surface area contributed by atoms with Crippen LogP contribution in [0, 0.1) is 0 Å². The van der Waals surface area contributed by atoms with E-state index in [9.17, 15) is 0 Å². The van der Waals surface area contributed by atoms with Crippen molar-refractivity contribution < 1.29 is 0 Å². The zero-order valence-corrected chi connectivity index (χ0v) is 54.6. The number of benzene rings is 15. The molecule has 0 aliphatic rings. The first-order valence-corrected chi connectivity index (χ1v) is 34.4. The maximum absolute atomic E-state index is 5.53. The van der Waals surface area contributed by atoms with Gasteiger partial charge in [-0.2, -0.15) is 0 Å². The Morgan fingerprint density at radius 3 is 0.802 bits per heavy atom. The standard InChI is InChI=1S/C93H58N8/c1-5-25-59(26-6-1)91-94-92(60-27-7-2-8-28-60)96-93(95-91)65-57-88(99-80-41-21-13-33-68(80)69-34-14-22-42-81(69)99)90(89(58-65)100-82-43-23-15-35-70(82)71-36-16-24-44-83(71)100)101-86-52-48-62(61-46-50-84-75(53-61)72-37-17-19-39-78(72)97(84)66-29-9-3-10-30-66)54-77(86)74-49-45-64(56-87(74)101)63-47-51-85-76(55-63)73-38-18-20-40-79(73)98(85)67-31-11-4-12-32-67/h1-58H. The van der Waals surface area contributed by atoms with E-state index in [0.717, 1.165) is 144 Å². The summed E-state index contributed by atoms with van der Waals surface area (Å²) in [6, 6.07) is 128. The van der Waals surface area contributed by atoms with Crippen LogP contribution in [-0.4, -0.2) is 37.8 Å². The van der Waals surface area contributed by atoms with Crippen LogP contribution in [0.4, 0.5) is 0 Å². The molecule has 21 aromatic rings. The second-order valence-corrected chi connectivity index (χ2v) is 26.3. The van der Waals surface area contributed by atoms with E-state index in [1.807, 2.05) is 36.4 Å². The van der Waals surface area contributed by atoms with Crippen LogP contribution in [0.25, 0.3) is 194 Å². The van der Waals surface area contributed by atoms with Crippen molar-refractivity contribution in [3.63, 3.8) is 0 Å². The van der Waals surface area contributed by atoms with Gasteiger partial charge in [0.25, 0.3) is 0 Å². The zero-order chi connectivity index (χ0) is 66.2. The Bertz CT molecular complexity index is 6630. The monoisotopic (exact) mass is 1290 g/mol. The normalized spacial score (nSPS) is 12.0. The largest absolute Gasteiger partial charge is 0.309 e. The van der Waals surface area contributed by atoms with Crippen LogP contribution < -0.4 is 0 Å². The van der Waals surface area contributed by atoms with E-state index in [1.165, 1.54) is 32.6 Å². The molecule has 0 saturated carbocycles. The maximum Gasteiger partial charge on any atom is 0.164 e. The molecule has 0 spiro atoms. The van der Waals surface area contributed by atoms with Crippen molar-refractivity contribution in [2.75, 3.05) is 0 Å². The van der Waals surface area contributed by atoms with E-state index in [1.54, 1.807) is 0 Å². The van der Waals surface area contributed by atoms with Gasteiger partial charge in [0.2, 0.25) is 0 Å². The van der Waals surface area contributed by atoms with E-state index in [2.05, 4.69) is 338 Å². The number of rotatable bonds is 10. The van der Waals surface area contributed by atoms with Gasteiger partial charge in [-0.3, -0.25) is 0 Å². The highest BCUT2D eigenvalue weighted by atomic mass is 15.1. The van der Waals surface area contributed by atoms with Crippen molar-refractivity contribution in [1.29, 1.82) is 0 Å². The summed E-state index contributed by atoms with van der Waals surface area (Å²) in [5, 5.41) is 11.7. The topological polar surface area (TPSA) is 63.3 Å². The summed E-state index contributed by atoms with van der Waals surface area (Å²) < 4.78 is 12.3. The fourth-order valence-corrected chi connectivity index (χ4v) is 16.2. The molecule has 8 heteroatoms. The Kier molecular flexibility index (Phi) is 12.5. The van der Waals surface area contributed by atoms with Crippen molar-refractivity contribution >= 4 is 109 Å². The molecule has 0 fully saturated rings. The van der Waals surface area contributed by atoms with Crippen LogP contribution in [-0.2, 0) is 0 Å². The van der Waals surface area contributed by atoms with Gasteiger partial charge in [-0.1, -0.05) is 237 Å². The summed E-state index contributed by atoms with van der Waals surface area (Å²) >= 11 is 0. The minimum Gasteiger partial charge on any atom is -0.309 e. The van der Waals surface area contributed by atoms with Crippen LogP contribution in [0.3, 0.4) is 0 Å². The molecule has 0 atom stereocenters. The van der Waals surface area contributed by atoms with Crippen molar-refractivity contribution in [3.8, 4) is 84.9 Å². The van der Waals surface area contributed by atoms with Crippen LogP contribution >= 0.6 is 0 Å². The Morgan fingerprint density at radius 1 is 0.158 bits per heavy atom. The molecule has 0 saturated heterocycles. The van der Waals surface area contributed by atoms with Gasteiger partial charge < -0.3 is 22.8 Å². The Morgan fingerprint density at radius 2 is 0.426 bits per heavy atom. The van der Waals surface area contributed by atoms with Crippen molar-refractivity contribution in [2.24, 2.45) is 0 Å². The van der Waals surface area contributed by atoms with Crippen LogP contribution in [0.2, 0.25) is 0 Å². The average Bonchev–Trinajstić information content (AvgIpc) is 1.68. The number of aromatic nitrogens is 8. The van der Waals surface area contributed by atoms with Gasteiger partial charge in [0, 0.05) is 81.9 Å². The van der Waals surface area contributed by atoms with Crippen molar-refractivity contribution in [2.45, 2.75) is 0 Å². The molecule has 0 bridgehead atoms. The molecular formula is C93H58N8. The third-order valence-electron chi connectivity index (χ3n) is 20.7. The summed E-state index contributed by atoms with van der Waals surface area (Å²) in [6.45, 7) is 0. The van der Waals surface area contributed by atoms with Crippen molar-refractivity contribution in [1.82, 2.24) is 37.8 Å². The molecule has 0 radical (unpaired) electrons. The van der Waals surface area contributed by atoms with E-state index in [4.69, 9.17) is 15.0 Å². The van der Waals surface area contributed by atoms with Gasteiger partial charge in [-0.15, -0.1) is 0 Å². The van der Waals surface area contributed by atoms with E-state index >= 15 is 0 Å². The molecule has 0 aliphatic carbocycles. The van der Waals surface area contributed by atoms with Gasteiger partial charge in [-0.25, -0.2) is 15.0 Å². The first-order valence-electron chi connectivity index (χ1n) is 34.4. The Hall–Kier alpha value is -13.7. The molecule has 8 nitrogen and oxygen atoms in total. The highest BCUT2D eigenvalue weighted by Crippen LogP contribution is 2.47. The molecule has 101 heavy (non-hydrogen) atoms. The highest BCUT2D eigenvalue weighted by Gasteiger charge is 2.29. The van der Waals surface area contributed by atoms with Crippen molar-refractivity contribution in [3.05, 3.63) is 352 Å². The lowest BCUT2D eigenvalue weighted by Gasteiger charge is -2.23. The molecule has 0 aliphatic heterocycles. The van der Waals surface area contributed by atoms with Crippen LogP contribution in [0.5, 0.6) is 0 Å². The summed E-state index contributed by atoms with van der Waals surface area (Å²) in [6.07, 6.45) is 0. The summed E-state index contributed by atoms with van der Waals surface area (Å²) in [4.78, 5) is 16.3. The maximum atomic E-state index is 5.53. The molecule has 470 valence electrons. The van der Waals surface area contributed by atoms with E-state index < -0.39 is 0 Å². The molecule has 6 aromatic heterocycles. The third-order valence-corrected chi connectivity index (χ3v) is 20.7. The molecule has 15 aromatic carbocycles. The summed E-state index contributed by atoms with van der Waals surface area (Å²) in [7, 11) is 0. The zero-order valence-electron chi connectivity index (χ0n) is 54.6. The molecule has 6 heterocycles. The smallest absolute Gasteiger partial charge is 0.164 e.